The normalized spacial score (nSPS) is 17.8. The molecule has 0 aliphatic carbocycles. The second-order valence-electron chi connectivity index (χ2n) is 6.35. The maximum absolute atomic E-state index is 12.4. The van der Waals surface area contributed by atoms with Crippen LogP contribution in [-0.2, 0) is 19.1 Å². The Labute approximate surface area is 167 Å². The van der Waals surface area contributed by atoms with Gasteiger partial charge in [-0.25, -0.2) is 9.59 Å². The van der Waals surface area contributed by atoms with Crippen LogP contribution in [0.2, 0.25) is 0 Å². The molecule has 2 aromatic carbocycles. The third-order valence-electron chi connectivity index (χ3n) is 4.36. The van der Waals surface area contributed by atoms with Gasteiger partial charge in [0.15, 0.2) is 0 Å². The second-order valence-corrected chi connectivity index (χ2v) is 6.35. The summed E-state index contributed by atoms with van der Waals surface area (Å²) in [6.07, 6.45) is 2.92. The molecule has 1 unspecified atom stereocenters. The van der Waals surface area contributed by atoms with Gasteiger partial charge in [0.05, 0.1) is 17.1 Å². The summed E-state index contributed by atoms with van der Waals surface area (Å²) >= 11 is 0. The van der Waals surface area contributed by atoms with Crippen molar-refractivity contribution in [3.63, 3.8) is 0 Å². The number of hydrogen-bond acceptors (Lipinski definition) is 6. The van der Waals surface area contributed by atoms with E-state index in [0.717, 1.165) is 5.56 Å². The van der Waals surface area contributed by atoms with E-state index in [9.17, 15) is 19.7 Å². The maximum Gasteiger partial charge on any atom is 0.338 e. The first-order valence-corrected chi connectivity index (χ1v) is 9.07. The van der Waals surface area contributed by atoms with Crippen LogP contribution in [0.3, 0.4) is 0 Å². The monoisotopic (exact) mass is 393 g/mol. The lowest BCUT2D eigenvalue weighted by Gasteiger charge is -2.07. The number of non-ortho nitro benzene ring substituents is 1. The zero-order chi connectivity index (χ0) is 20.8. The van der Waals surface area contributed by atoms with Gasteiger partial charge in [0.1, 0.15) is 6.10 Å². The molecule has 2 aromatic rings. The van der Waals surface area contributed by atoms with Crippen molar-refractivity contribution in [3.05, 3.63) is 93.1 Å². The number of cyclic esters (lactones) is 1. The lowest BCUT2D eigenvalue weighted by atomic mass is 10.0. The van der Waals surface area contributed by atoms with Crippen LogP contribution in [0.4, 0.5) is 5.69 Å². The number of hydrogen-bond donors (Lipinski definition) is 0. The summed E-state index contributed by atoms with van der Waals surface area (Å²) < 4.78 is 10.5. The molecule has 1 aliphatic heterocycles. The van der Waals surface area contributed by atoms with Crippen molar-refractivity contribution >= 4 is 23.7 Å². The van der Waals surface area contributed by atoms with Crippen LogP contribution >= 0.6 is 0 Å². The summed E-state index contributed by atoms with van der Waals surface area (Å²) in [7, 11) is 0. The molecule has 0 radical (unpaired) electrons. The maximum atomic E-state index is 12.4. The Hall–Kier alpha value is -3.74. The lowest BCUT2D eigenvalue weighted by molar-refractivity contribution is -0.384. The van der Waals surface area contributed by atoms with Crippen molar-refractivity contribution in [2.45, 2.75) is 19.4 Å². The van der Waals surface area contributed by atoms with Crippen LogP contribution in [0.1, 0.15) is 30.6 Å². The predicted molar refractivity (Wildman–Crippen MR) is 106 cm³/mol. The first-order chi connectivity index (χ1) is 14.0. The van der Waals surface area contributed by atoms with E-state index in [1.165, 1.54) is 36.4 Å². The molecule has 7 nitrogen and oxygen atoms in total. The Morgan fingerprint density at radius 3 is 2.52 bits per heavy atom. The number of esters is 2. The largest absolute Gasteiger partial charge is 0.462 e. The average Bonchev–Trinajstić information content (AvgIpc) is 3.09. The molecule has 7 heteroatoms. The zero-order valence-electron chi connectivity index (χ0n) is 15.7. The Morgan fingerprint density at radius 1 is 1.21 bits per heavy atom. The third-order valence-corrected chi connectivity index (χ3v) is 4.36. The number of nitro groups is 1. The van der Waals surface area contributed by atoms with Crippen LogP contribution in [-0.4, -0.2) is 23.5 Å². The number of carbonyl (C=O) groups is 2. The fourth-order valence-corrected chi connectivity index (χ4v) is 2.93. The molecule has 0 N–H and O–H groups in total. The number of benzene rings is 2. The van der Waals surface area contributed by atoms with Gasteiger partial charge >= 0.3 is 11.9 Å². The molecule has 1 fully saturated rings. The number of nitrogens with zero attached hydrogens (tertiary/aromatic N) is 1. The Balaban J connectivity index is 1.89. The Bertz CT molecular complexity index is 976. The number of carbonyl (C=O) groups excluding carboxylic acids is 2. The van der Waals surface area contributed by atoms with Crippen molar-refractivity contribution in [2.75, 3.05) is 6.61 Å². The van der Waals surface area contributed by atoms with E-state index in [-0.39, 0.29) is 17.9 Å². The van der Waals surface area contributed by atoms with Crippen LogP contribution in [0.5, 0.6) is 0 Å². The van der Waals surface area contributed by atoms with E-state index in [1.54, 1.807) is 6.92 Å². The highest BCUT2D eigenvalue weighted by molar-refractivity contribution is 6.00. The predicted octanol–water partition coefficient (Wildman–Crippen LogP) is 4.16. The summed E-state index contributed by atoms with van der Waals surface area (Å²) in [5, 5.41) is 10.8. The van der Waals surface area contributed by atoms with Gasteiger partial charge in [0, 0.05) is 24.1 Å². The van der Waals surface area contributed by atoms with Crippen LogP contribution in [0, 0.1) is 10.1 Å². The molecule has 1 aliphatic rings. The second kappa shape index (κ2) is 8.97. The molecule has 1 atom stereocenters. The van der Waals surface area contributed by atoms with E-state index in [1.807, 2.05) is 30.3 Å². The molecule has 0 spiro atoms. The van der Waals surface area contributed by atoms with E-state index < -0.39 is 23.0 Å². The smallest absolute Gasteiger partial charge is 0.338 e. The SMILES string of the molecule is CCOC(=O)C(/C=C1/CC(c2ccccc2)OC1=O)=C/c1ccc([N+](=O)[O-])cc1. The van der Waals surface area contributed by atoms with Crippen molar-refractivity contribution in [3.8, 4) is 0 Å². The van der Waals surface area contributed by atoms with Crippen LogP contribution < -0.4 is 0 Å². The van der Waals surface area contributed by atoms with Crippen molar-refractivity contribution in [1.29, 1.82) is 0 Å². The topological polar surface area (TPSA) is 95.7 Å². The van der Waals surface area contributed by atoms with Gasteiger partial charge in [0.2, 0.25) is 0 Å². The summed E-state index contributed by atoms with van der Waals surface area (Å²) in [5.74, 6) is -1.08. The minimum atomic E-state index is -0.589. The van der Waals surface area contributed by atoms with Gasteiger partial charge in [-0.05, 0) is 42.3 Å². The molecular weight excluding hydrogens is 374 g/mol. The van der Waals surface area contributed by atoms with Crippen molar-refractivity contribution in [1.82, 2.24) is 0 Å². The van der Waals surface area contributed by atoms with Gasteiger partial charge in [-0.2, -0.15) is 0 Å². The third kappa shape index (κ3) is 4.95. The average molecular weight is 393 g/mol. The molecule has 148 valence electrons. The molecule has 0 amide bonds. The lowest BCUT2D eigenvalue weighted by Crippen LogP contribution is -2.07. The van der Waals surface area contributed by atoms with E-state index in [2.05, 4.69) is 0 Å². The zero-order valence-corrected chi connectivity index (χ0v) is 15.7. The van der Waals surface area contributed by atoms with E-state index in [0.29, 0.717) is 17.6 Å². The minimum absolute atomic E-state index is 0.0525. The standard InChI is InChI=1S/C22H19NO6/c1-2-28-21(24)17(12-15-8-10-19(11-9-15)23(26)27)13-18-14-20(29-22(18)25)16-6-4-3-5-7-16/h3-13,20H,2,14H2,1H3/b17-12+,18-13-. The summed E-state index contributed by atoms with van der Waals surface area (Å²) in [6, 6.07) is 15.1. The summed E-state index contributed by atoms with van der Waals surface area (Å²) in [5.41, 5.74) is 1.92. The molecular formula is C22H19NO6. The molecule has 29 heavy (non-hydrogen) atoms. The molecule has 0 bridgehead atoms. The van der Waals surface area contributed by atoms with Gasteiger partial charge in [-0.15, -0.1) is 0 Å². The van der Waals surface area contributed by atoms with Gasteiger partial charge in [-0.1, -0.05) is 30.3 Å². The van der Waals surface area contributed by atoms with E-state index in [4.69, 9.17) is 9.47 Å². The highest BCUT2D eigenvalue weighted by atomic mass is 16.6. The van der Waals surface area contributed by atoms with Gasteiger partial charge in [0.25, 0.3) is 5.69 Å². The number of ether oxygens (including phenoxy) is 2. The minimum Gasteiger partial charge on any atom is -0.462 e. The molecule has 0 saturated carbocycles. The Morgan fingerprint density at radius 2 is 1.90 bits per heavy atom. The summed E-state index contributed by atoms with van der Waals surface area (Å²) in [4.78, 5) is 35.0. The first kappa shape index (κ1) is 20.0. The highest BCUT2D eigenvalue weighted by Crippen LogP contribution is 2.33. The van der Waals surface area contributed by atoms with E-state index >= 15 is 0 Å². The fraction of sp³-hybridized carbons (Fsp3) is 0.182. The van der Waals surface area contributed by atoms with Gasteiger partial charge in [-0.3, -0.25) is 10.1 Å². The summed E-state index contributed by atoms with van der Waals surface area (Å²) in [6.45, 7) is 1.86. The molecule has 1 saturated heterocycles. The van der Waals surface area contributed by atoms with Gasteiger partial charge < -0.3 is 9.47 Å². The Kier molecular flexibility index (Phi) is 6.19. The van der Waals surface area contributed by atoms with Crippen molar-refractivity contribution in [2.24, 2.45) is 0 Å². The number of rotatable bonds is 6. The van der Waals surface area contributed by atoms with Crippen LogP contribution in [0.25, 0.3) is 6.08 Å². The molecule has 0 aromatic heterocycles. The fourth-order valence-electron chi connectivity index (χ4n) is 2.93. The first-order valence-electron chi connectivity index (χ1n) is 9.07. The number of nitro benzene ring substituents is 1. The van der Waals surface area contributed by atoms with Crippen molar-refractivity contribution < 1.29 is 24.0 Å². The molecule has 3 rings (SSSR count). The quantitative estimate of drug-likeness (QED) is 0.317. The van der Waals surface area contributed by atoms with Crippen LogP contribution in [0.15, 0.2) is 71.8 Å². The highest BCUT2D eigenvalue weighted by Gasteiger charge is 2.30. The molecule has 1 heterocycles.